The van der Waals surface area contributed by atoms with E-state index in [1.54, 1.807) is 19.2 Å². The molecule has 0 bridgehead atoms. The van der Waals surface area contributed by atoms with Crippen molar-refractivity contribution in [2.45, 2.75) is 6.42 Å². The van der Waals surface area contributed by atoms with Gasteiger partial charge in [0.2, 0.25) is 11.6 Å². The van der Waals surface area contributed by atoms with Crippen LogP contribution < -0.4 is 10.6 Å². The van der Waals surface area contributed by atoms with E-state index in [4.69, 9.17) is 16.3 Å². The van der Waals surface area contributed by atoms with Crippen LogP contribution in [-0.4, -0.2) is 40.1 Å². The fourth-order valence-corrected chi connectivity index (χ4v) is 1.88. The number of rotatable bonds is 8. The van der Waals surface area contributed by atoms with E-state index in [0.717, 1.165) is 0 Å². The molecule has 0 unspecified atom stereocenters. The van der Waals surface area contributed by atoms with Crippen LogP contribution in [0.25, 0.3) is 0 Å². The number of aromatic nitrogens is 3. The van der Waals surface area contributed by atoms with Crippen molar-refractivity contribution in [3.63, 3.8) is 0 Å². The Morgan fingerprint density at radius 2 is 2.09 bits per heavy atom. The smallest absolute Gasteiger partial charge is 0.353 e. The zero-order valence-electron chi connectivity index (χ0n) is 12.3. The number of pyridine rings is 1. The molecule has 0 radical (unpaired) electrons. The molecular weight excluding hydrogens is 324 g/mol. The lowest BCUT2D eigenvalue weighted by Gasteiger charge is -2.09. The molecular formula is C13H15ClN6O3. The molecule has 0 amide bonds. The summed E-state index contributed by atoms with van der Waals surface area (Å²) in [6.07, 6.45) is 3.36. The zero-order valence-corrected chi connectivity index (χ0v) is 13.1. The summed E-state index contributed by atoms with van der Waals surface area (Å²) in [5.41, 5.74) is -0.248. The summed E-state index contributed by atoms with van der Waals surface area (Å²) >= 11 is 5.76. The van der Waals surface area contributed by atoms with Crippen LogP contribution >= 0.6 is 11.6 Å². The number of methoxy groups -OCH3 is 1. The lowest BCUT2D eigenvalue weighted by molar-refractivity contribution is -0.383. The van der Waals surface area contributed by atoms with Gasteiger partial charge in [-0.15, -0.1) is 0 Å². The van der Waals surface area contributed by atoms with Gasteiger partial charge < -0.3 is 15.4 Å². The van der Waals surface area contributed by atoms with Crippen molar-refractivity contribution in [1.82, 2.24) is 15.0 Å². The quantitative estimate of drug-likeness (QED) is 0.428. The summed E-state index contributed by atoms with van der Waals surface area (Å²) < 4.78 is 4.93. The van der Waals surface area contributed by atoms with Crippen molar-refractivity contribution in [3.8, 4) is 0 Å². The Morgan fingerprint density at radius 1 is 1.30 bits per heavy atom. The summed E-state index contributed by atoms with van der Waals surface area (Å²) in [6.45, 7) is 1.04. The van der Waals surface area contributed by atoms with Gasteiger partial charge in [-0.25, -0.2) is 15.0 Å². The van der Waals surface area contributed by atoms with Gasteiger partial charge in [-0.1, -0.05) is 11.6 Å². The molecule has 23 heavy (non-hydrogen) atoms. The minimum absolute atomic E-state index is 0.0501. The van der Waals surface area contributed by atoms with E-state index in [2.05, 4.69) is 25.6 Å². The molecule has 0 aliphatic heterocycles. The number of nitrogens with one attached hydrogen (secondary N) is 2. The van der Waals surface area contributed by atoms with E-state index in [1.165, 1.54) is 12.5 Å². The molecule has 0 fully saturated rings. The normalized spacial score (nSPS) is 10.3. The van der Waals surface area contributed by atoms with Crippen molar-refractivity contribution in [2.24, 2.45) is 0 Å². The van der Waals surface area contributed by atoms with Crippen molar-refractivity contribution in [3.05, 3.63) is 39.8 Å². The highest BCUT2D eigenvalue weighted by Crippen LogP contribution is 2.30. The minimum atomic E-state index is -0.545. The van der Waals surface area contributed by atoms with Gasteiger partial charge in [0.15, 0.2) is 0 Å². The molecule has 2 N–H and O–H groups in total. The van der Waals surface area contributed by atoms with Crippen LogP contribution in [0.4, 0.5) is 23.1 Å². The number of ether oxygens (including phenoxy) is 1. The molecule has 0 saturated carbocycles. The van der Waals surface area contributed by atoms with Crippen molar-refractivity contribution < 1.29 is 9.66 Å². The standard InChI is InChI=1S/C13H15ClN6O3/c1-23-6-2-5-15-12-11(20(21)22)13(18-8-17-12)19-10-4-3-9(14)7-16-10/h3-4,7-8H,2,5-6H2,1H3,(H2,15,16,17,18,19). The fraction of sp³-hybridized carbons (Fsp3) is 0.308. The predicted molar refractivity (Wildman–Crippen MR) is 86.2 cm³/mol. The number of anilines is 3. The summed E-state index contributed by atoms with van der Waals surface area (Å²) in [5.74, 6) is 0.577. The van der Waals surface area contributed by atoms with Gasteiger partial charge >= 0.3 is 5.69 Å². The number of nitrogens with zero attached hydrogens (tertiary/aromatic N) is 4. The van der Waals surface area contributed by atoms with Gasteiger partial charge in [0.1, 0.15) is 12.1 Å². The molecule has 0 spiro atoms. The molecule has 0 aliphatic carbocycles. The van der Waals surface area contributed by atoms with E-state index >= 15 is 0 Å². The van der Waals surface area contributed by atoms with Crippen LogP contribution in [0.15, 0.2) is 24.7 Å². The van der Waals surface area contributed by atoms with Crippen LogP contribution in [0, 0.1) is 10.1 Å². The molecule has 0 atom stereocenters. The molecule has 10 heteroatoms. The molecule has 2 aromatic heterocycles. The molecule has 0 aliphatic rings. The second-order valence-corrected chi connectivity index (χ2v) is 4.87. The Kier molecular flexibility index (Phi) is 6.01. The molecule has 2 aromatic rings. The van der Waals surface area contributed by atoms with E-state index < -0.39 is 4.92 Å². The van der Waals surface area contributed by atoms with Gasteiger partial charge in [-0.2, -0.15) is 0 Å². The van der Waals surface area contributed by atoms with E-state index in [-0.39, 0.29) is 17.3 Å². The maximum absolute atomic E-state index is 11.4. The fourth-order valence-electron chi connectivity index (χ4n) is 1.77. The Labute approximate surface area is 137 Å². The van der Waals surface area contributed by atoms with Crippen LogP contribution in [0.1, 0.15) is 6.42 Å². The first kappa shape index (κ1) is 16.8. The van der Waals surface area contributed by atoms with Crippen LogP contribution in [0.3, 0.4) is 0 Å². The predicted octanol–water partition coefficient (Wildman–Crippen LogP) is 2.63. The second-order valence-electron chi connectivity index (χ2n) is 4.44. The van der Waals surface area contributed by atoms with E-state index in [0.29, 0.717) is 30.4 Å². The number of halogens is 1. The Morgan fingerprint density at radius 3 is 2.74 bits per heavy atom. The second kappa shape index (κ2) is 8.20. The van der Waals surface area contributed by atoms with Gasteiger partial charge in [-0.3, -0.25) is 10.1 Å². The SMILES string of the molecule is COCCCNc1ncnc(Nc2ccc(Cl)cn2)c1[N+](=O)[O-]. The average Bonchev–Trinajstić information content (AvgIpc) is 2.53. The largest absolute Gasteiger partial charge is 0.385 e. The number of hydrogen-bond donors (Lipinski definition) is 2. The van der Waals surface area contributed by atoms with Crippen molar-refractivity contribution >= 4 is 34.7 Å². The van der Waals surface area contributed by atoms with Crippen LogP contribution in [0.5, 0.6) is 0 Å². The Bertz CT molecular complexity index is 667. The van der Waals surface area contributed by atoms with Gasteiger partial charge in [0.25, 0.3) is 0 Å². The van der Waals surface area contributed by atoms with Gasteiger partial charge in [0.05, 0.1) is 9.95 Å². The monoisotopic (exact) mass is 338 g/mol. The zero-order chi connectivity index (χ0) is 16.7. The lowest BCUT2D eigenvalue weighted by Crippen LogP contribution is -2.10. The topological polar surface area (TPSA) is 115 Å². The maximum atomic E-state index is 11.4. The molecule has 9 nitrogen and oxygen atoms in total. The Hall–Kier alpha value is -2.52. The van der Waals surface area contributed by atoms with Gasteiger partial charge in [0, 0.05) is 26.5 Å². The molecule has 2 rings (SSSR count). The lowest BCUT2D eigenvalue weighted by atomic mass is 10.3. The highest BCUT2D eigenvalue weighted by molar-refractivity contribution is 6.30. The third kappa shape index (κ3) is 4.73. The number of nitro groups is 1. The highest BCUT2D eigenvalue weighted by atomic mass is 35.5. The first-order valence-corrected chi connectivity index (χ1v) is 7.10. The summed E-state index contributed by atoms with van der Waals surface area (Å²) in [4.78, 5) is 22.7. The third-order valence-electron chi connectivity index (χ3n) is 2.80. The number of hydrogen-bond acceptors (Lipinski definition) is 8. The maximum Gasteiger partial charge on any atom is 0.353 e. The van der Waals surface area contributed by atoms with Crippen LogP contribution in [0.2, 0.25) is 5.02 Å². The van der Waals surface area contributed by atoms with E-state index in [9.17, 15) is 10.1 Å². The Balaban J connectivity index is 2.21. The molecule has 122 valence electrons. The van der Waals surface area contributed by atoms with Gasteiger partial charge in [-0.05, 0) is 18.6 Å². The minimum Gasteiger partial charge on any atom is -0.385 e. The first-order chi connectivity index (χ1) is 11.1. The molecule has 0 aromatic carbocycles. The first-order valence-electron chi connectivity index (χ1n) is 6.72. The van der Waals surface area contributed by atoms with Crippen molar-refractivity contribution in [1.29, 1.82) is 0 Å². The molecule has 2 heterocycles. The third-order valence-corrected chi connectivity index (χ3v) is 3.02. The summed E-state index contributed by atoms with van der Waals surface area (Å²) in [6, 6.07) is 3.22. The van der Waals surface area contributed by atoms with Crippen LogP contribution in [-0.2, 0) is 4.74 Å². The summed E-state index contributed by atoms with van der Waals surface area (Å²) in [7, 11) is 1.59. The van der Waals surface area contributed by atoms with E-state index in [1.807, 2.05) is 0 Å². The summed E-state index contributed by atoms with van der Waals surface area (Å²) in [5, 5.41) is 17.5. The average molecular weight is 339 g/mol. The van der Waals surface area contributed by atoms with Crippen molar-refractivity contribution in [2.75, 3.05) is 30.9 Å². The highest BCUT2D eigenvalue weighted by Gasteiger charge is 2.23. The molecule has 0 saturated heterocycles.